The number of thioether (sulfide) groups is 1. The van der Waals surface area contributed by atoms with Crippen LogP contribution in [0, 0.1) is 0 Å². The van der Waals surface area contributed by atoms with Crippen molar-refractivity contribution in [2.24, 2.45) is 0 Å². The number of amides is 1. The first-order valence-corrected chi connectivity index (χ1v) is 12.0. The summed E-state index contributed by atoms with van der Waals surface area (Å²) in [6.07, 6.45) is 3.22. The van der Waals surface area contributed by atoms with Gasteiger partial charge in [-0.25, -0.2) is 0 Å². The molecule has 0 aliphatic rings. The second kappa shape index (κ2) is 10.6. The van der Waals surface area contributed by atoms with Gasteiger partial charge in [-0.3, -0.25) is 4.79 Å². The molecule has 2 heterocycles. The summed E-state index contributed by atoms with van der Waals surface area (Å²) in [4.78, 5) is 13.8. The second-order valence-corrected chi connectivity index (χ2v) is 8.94. The molecule has 0 aliphatic heterocycles. The van der Waals surface area contributed by atoms with Crippen molar-refractivity contribution in [1.82, 2.24) is 20.1 Å². The van der Waals surface area contributed by atoms with Gasteiger partial charge < -0.3 is 9.88 Å². The van der Waals surface area contributed by atoms with Gasteiger partial charge in [0.25, 0.3) is 0 Å². The van der Waals surface area contributed by atoms with Crippen LogP contribution in [0.15, 0.2) is 46.9 Å². The first-order valence-electron chi connectivity index (χ1n) is 10.1. The summed E-state index contributed by atoms with van der Waals surface area (Å²) in [5.41, 5.74) is 2.22. The van der Waals surface area contributed by atoms with E-state index in [0.717, 1.165) is 47.9 Å². The van der Waals surface area contributed by atoms with Crippen molar-refractivity contribution in [3.8, 4) is 11.4 Å². The zero-order valence-corrected chi connectivity index (χ0v) is 18.9. The highest BCUT2D eigenvalue weighted by Gasteiger charge is 2.17. The molecule has 0 radical (unpaired) electrons. The number of hydrogen-bond donors (Lipinski definition) is 1. The Morgan fingerprint density at radius 2 is 2.00 bits per heavy atom. The van der Waals surface area contributed by atoms with Gasteiger partial charge in [0.15, 0.2) is 11.0 Å². The molecule has 2 aromatic heterocycles. The molecule has 1 amide bonds. The number of carbonyl (C=O) groups excluding carboxylic acids is 1. The fourth-order valence-electron chi connectivity index (χ4n) is 3.15. The molecule has 7 heteroatoms. The van der Waals surface area contributed by atoms with Crippen molar-refractivity contribution >= 4 is 29.0 Å². The molecule has 0 saturated heterocycles. The van der Waals surface area contributed by atoms with Gasteiger partial charge in [0.2, 0.25) is 5.91 Å². The summed E-state index contributed by atoms with van der Waals surface area (Å²) < 4.78 is 2.14. The monoisotopic (exact) mass is 428 g/mol. The first-order chi connectivity index (χ1) is 14.1. The highest BCUT2D eigenvalue weighted by atomic mass is 32.2. The Morgan fingerprint density at radius 3 is 2.72 bits per heavy atom. The fraction of sp³-hybridized carbons (Fsp3) is 0.409. The number of aryl methyl sites for hydroxylation is 1. The lowest BCUT2D eigenvalue weighted by atomic mass is 10.1. The molecular formula is C22H28N4OS2. The number of hydrogen-bond acceptors (Lipinski definition) is 5. The van der Waals surface area contributed by atoms with Crippen LogP contribution in [0.3, 0.4) is 0 Å². The third-order valence-corrected chi connectivity index (χ3v) is 6.55. The molecule has 1 atom stereocenters. The molecule has 1 N–H and O–H groups in total. The molecule has 3 rings (SSSR count). The van der Waals surface area contributed by atoms with Crippen molar-refractivity contribution in [3.05, 3.63) is 52.2 Å². The van der Waals surface area contributed by atoms with Crippen molar-refractivity contribution in [2.45, 2.75) is 57.8 Å². The molecule has 1 aromatic carbocycles. The van der Waals surface area contributed by atoms with Crippen LogP contribution < -0.4 is 5.32 Å². The summed E-state index contributed by atoms with van der Waals surface area (Å²) in [5, 5.41) is 14.8. The maximum Gasteiger partial charge on any atom is 0.230 e. The lowest BCUT2D eigenvalue weighted by Crippen LogP contribution is -2.28. The Kier molecular flexibility index (Phi) is 7.89. The van der Waals surface area contributed by atoms with Crippen LogP contribution >= 0.6 is 23.1 Å². The molecule has 0 aliphatic carbocycles. The largest absolute Gasteiger partial charge is 0.349 e. The van der Waals surface area contributed by atoms with Crippen LogP contribution in [0.25, 0.3) is 11.4 Å². The second-order valence-electron chi connectivity index (χ2n) is 7.00. The molecule has 3 aromatic rings. The van der Waals surface area contributed by atoms with Crippen LogP contribution in [0.2, 0.25) is 0 Å². The van der Waals surface area contributed by atoms with Gasteiger partial charge in [0, 0.05) is 22.4 Å². The number of rotatable bonds is 10. The van der Waals surface area contributed by atoms with Gasteiger partial charge in [0.05, 0.1) is 11.8 Å². The topological polar surface area (TPSA) is 59.8 Å². The lowest BCUT2D eigenvalue weighted by Gasteiger charge is -2.14. The van der Waals surface area contributed by atoms with E-state index in [1.807, 2.05) is 37.3 Å². The van der Waals surface area contributed by atoms with E-state index in [4.69, 9.17) is 0 Å². The molecule has 5 nitrogen and oxygen atoms in total. The summed E-state index contributed by atoms with van der Waals surface area (Å²) in [6.45, 7) is 7.17. The van der Waals surface area contributed by atoms with Crippen LogP contribution in [0.5, 0.6) is 0 Å². The third kappa shape index (κ3) is 5.70. The SMILES string of the molecule is CCCc1cc(-c2nnc(SCC(=O)NC(C)c3ccccc3)n2CCC)cs1. The average Bonchev–Trinajstić information content (AvgIpc) is 3.34. The van der Waals surface area contributed by atoms with Crippen LogP contribution in [-0.4, -0.2) is 26.4 Å². The van der Waals surface area contributed by atoms with Crippen molar-refractivity contribution in [2.75, 3.05) is 5.75 Å². The van der Waals surface area contributed by atoms with Gasteiger partial charge in [0.1, 0.15) is 0 Å². The molecule has 0 spiro atoms. The molecule has 29 heavy (non-hydrogen) atoms. The number of nitrogens with zero attached hydrogens (tertiary/aromatic N) is 3. The molecule has 1 unspecified atom stereocenters. The predicted octanol–water partition coefficient (Wildman–Crippen LogP) is 5.34. The molecule has 0 bridgehead atoms. The summed E-state index contributed by atoms with van der Waals surface area (Å²) in [6, 6.07) is 12.2. The van der Waals surface area contributed by atoms with Crippen molar-refractivity contribution < 1.29 is 4.79 Å². The van der Waals surface area contributed by atoms with E-state index in [9.17, 15) is 4.79 Å². The minimum Gasteiger partial charge on any atom is -0.349 e. The first kappa shape index (κ1) is 21.6. The molecule has 154 valence electrons. The third-order valence-electron chi connectivity index (χ3n) is 4.58. The van der Waals surface area contributed by atoms with Gasteiger partial charge >= 0.3 is 0 Å². The Bertz CT molecular complexity index is 920. The van der Waals surface area contributed by atoms with E-state index in [-0.39, 0.29) is 11.9 Å². The Labute approximate surface area is 180 Å². The van der Waals surface area contributed by atoms with E-state index in [2.05, 4.69) is 45.4 Å². The van der Waals surface area contributed by atoms with Gasteiger partial charge in [-0.15, -0.1) is 21.5 Å². The van der Waals surface area contributed by atoms with E-state index >= 15 is 0 Å². The normalized spacial score (nSPS) is 12.1. The van der Waals surface area contributed by atoms with Gasteiger partial charge in [-0.05, 0) is 31.4 Å². The Hall–Kier alpha value is -2.12. The molecular weight excluding hydrogens is 400 g/mol. The lowest BCUT2D eigenvalue weighted by molar-refractivity contribution is -0.119. The standard InChI is InChI=1S/C22H28N4OS2/c1-4-9-19-13-18(14-28-19)21-24-25-22(26(21)12-5-2)29-15-20(27)23-16(3)17-10-7-6-8-11-17/h6-8,10-11,13-14,16H,4-5,9,12,15H2,1-3H3,(H,23,27). The quantitative estimate of drug-likeness (QED) is 0.443. The summed E-state index contributed by atoms with van der Waals surface area (Å²) in [7, 11) is 0. The van der Waals surface area contributed by atoms with Crippen molar-refractivity contribution in [3.63, 3.8) is 0 Å². The highest BCUT2D eigenvalue weighted by molar-refractivity contribution is 7.99. The predicted molar refractivity (Wildman–Crippen MR) is 121 cm³/mol. The maximum atomic E-state index is 12.4. The molecule has 0 saturated carbocycles. The smallest absolute Gasteiger partial charge is 0.230 e. The van der Waals surface area contributed by atoms with Crippen LogP contribution in [-0.2, 0) is 17.8 Å². The number of nitrogens with one attached hydrogen (secondary N) is 1. The zero-order valence-electron chi connectivity index (χ0n) is 17.2. The number of thiophene rings is 1. The Morgan fingerprint density at radius 1 is 1.21 bits per heavy atom. The van der Waals surface area contributed by atoms with Crippen molar-refractivity contribution in [1.29, 1.82) is 0 Å². The molecule has 0 fully saturated rings. The fourth-order valence-corrected chi connectivity index (χ4v) is 4.89. The van der Waals surface area contributed by atoms with Crippen LogP contribution in [0.4, 0.5) is 0 Å². The van der Waals surface area contributed by atoms with E-state index < -0.39 is 0 Å². The zero-order chi connectivity index (χ0) is 20.6. The summed E-state index contributed by atoms with van der Waals surface area (Å²) >= 11 is 3.22. The number of aromatic nitrogens is 3. The highest BCUT2D eigenvalue weighted by Crippen LogP contribution is 2.28. The minimum atomic E-state index is -0.0174. The Balaban J connectivity index is 1.65. The van der Waals surface area contributed by atoms with Crippen LogP contribution in [0.1, 0.15) is 50.1 Å². The van der Waals surface area contributed by atoms with Gasteiger partial charge in [-0.1, -0.05) is 62.4 Å². The minimum absolute atomic E-state index is 0.000262. The number of carbonyl (C=O) groups is 1. The van der Waals surface area contributed by atoms with Gasteiger partial charge in [-0.2, -0.15) is 0 Å². The van der Waals surface area contributed by atoms with E-state index in [1.165, 1.54) is 16.6 Å². The maximum absolute atomic E-state index is 12.4. The number of benzene rings is 1. The summed E-state index contributed by atoms with van der Waals surface area (Å²) in [5.74, 6) is 1.22. The average molecular weight is 429 g/mol. The van der Waals surface area contributed by atoms with E-state index in [1.54, 1.807) is 11.3 Å². The van der Waals surface area contributed by atoms with E-state index in [0.29, 0.717) is 5.75 Å².